The second kappa shape index (κ2) is 5.31. The molecule has 0 radical (unpaired) electrons. The Morgan fingerprint density at radius 2 is 2.00 bits per heavy atom. The molecule has 1 N–H and O–H groups in total. The zero-order valence-electron chi connectivity index (χ0n) is 11.9. The standard InChI is InChI=1S/C14H16F3N3O/c1-9-8-19(13(21)18-3)10(2)20(9)12-6-4-5-11(7-12)14(15,16)17/h4-8,10H,1-3H3,(H,18,21). The molecule has 2 rings (SSSR count). The minimum absolute atomic E-state index is 0.309. The molecule has 1 heterocycles. The van der Waals surface area contributed by atoms with Crippen LogP contribution in [0.25, 0.3) is 0 Å². The van der Waals surface area contributed by atoms with Gasteiger partial charge in [-0.2, -0.15) is 13.2 Å². The number of anilines is 1. The number of urea groups is 1. The highest BCUT2D eigenvalue weighted by molar-refractivity contribution is 5.77. The molecule has 1 aromatic rings. The van der Waals surface area contributed by atoms with E-state index >= 15 is 0 Å². The van der Waals surface area contributed by atoms with E-state index in [2.05, 4.69) is 5.32 Å². The van der Waals surface area contributed by atoms with Crippen molar-refractivity contribution >= 4 is 11.7 Å². The Kier molecular flexibility index (Phi) is 3.85. The summed E-state index contributed by atoms with van der Waals surface area (Å²) in [4.78, 5) is 14.9. The Morgan fingerprint density at radius 1 is 1.33 bits per heavy atom. The van der Waals surface area contributed by atoms with Crippen LogP contribution in [0, 0.1) is 0 Å². The summed E-state index contributed by atoms with van der Waals surface area (Å²) in [5.74, 6) is 0. The van der Waals surface area contributed by atoms with Crippen molar-refractivity contribution in [2.75, 3.05) is 11.9 Å². The zero-order chi connectivity index (χ0) is 15.8. The number of benzene rings is 1. The Balaban J connectivity index is 2.35. The van der Waals surface area contributed by atoms with Crippen LogP contribution < -0.4 is 10.2 Å². The van der Waals surface area contributed by atoms with Gasteiger partial charge in [-0.3, -0.25) is 4.90 Å². The molecule has 21 heavy (non-hydrogen) atoms. The Bertz CT molecular complexity index is 583. The predicted molar refractivity (Wildman–Crippen MR) is 73.4 cm³/mol. The quantitative estimate of drug-likeness (QED) is 0.863. The van der Waals surface area contributed by atoms with Gasteiger partial charge in [0.1, 0.15) is 6.17 Å². The first-order chi connectivity index (χ1) is 9.75. The molecule has 1 aliphatic heterocycles. The number of hydrogen-bond acceptors (Lipinski definition) is 2. The minimum Gasteiger partial charge on any atom is -0.341 e. The third kappa shape index (κ3) is 2.81. The number of amides is 2. The normalized spacial score (nSPS) is 18.8. The van der Waals surface area contributed by atoms with Crippen LogP contribution in [0.1, 0.15) is 19.4 Å². The molecular weight excluding hydrogens is 283 g/mol. The maximum Gasteiger partial charge on any atom is 0.416 e. The topological polar surface area (TPSA) is 35.6 Å². The average Bonchev–Trinajstić information content (AvgIpc) is 2.72. The molecule has 0 fully saturated rings. The highest BCUT2D eigenvalue weighted by Crippen LogP contribution is 2.35. The van der Waals surface area contributed by atoms with Gasteiger partial charge >= 0.3 is 12.2 Å². The van der Waals surface area contributed by atoms with E-state index in [0.29, 0.717) is 11.4 Å². The molecule has 1 atom stereocenters. The lowest BCUT2D eigenvalue weighted by atomic mass is 10.1. The van der Waals surface area contributed by atoms with Crippen LogP contribution in [0.3, 0.4) is 0 Å². The van der Waals surface area contributed by atoms with Gasteiger partial charge in [-0.1, -0.05) is 6.07 Å². The highest BCUT2D eigenvalue weighted by Gasteiger charge is 2.34. The fourth-order valence-corrected chi connectivity index (χ4v) is 2.40. The van der Waals surface area contributed by atoms with Gasteiger partial charge in [0, 0.05) is 24.6 Å². The molecule has 0 saturated heterocycles. The third-order valence-corrected chi connectivity index (χ3v) is 3.38. The van der Waals surface area contributed by atoms with Crippen molar-refractivity contribution in [3.63, 3.8) is 0 Å². The number of halogens is 3. The summed E-state index contributed by atoms with van der Waals surface area (Å²) in [6.07, 6.45) is -3.17. The largest absolute Gasteiger partial charge is 0.416 e. The van der Waals surface area contributed by atoms with Gasteiger partial charge < -0.3 is 10.2 Å². The lowest BCUT2D eigenvalue weighted by Crippen LogP contribution is -2.44. The van der Waals surface area contributed by atoms with Crippen molar-refractivity contribution < 1.29 is 18.0 Å². The van der Waals surface area contributed by atoms with Crippen LogP contribution >= 0.6 is 0 Å². The monoisotopic (exact) mass is 299 g/mol. The van der Waals surface area contributed by atoms with Crippen LogP contribution in [-0.4, -0.2) is 24.1 Å². The maximum atomic E-state index is 12.8. The average molecular weight is 299 g/mol. The van der Waals surface area contributed by atoms with Gasteiger partial charge in [-0.05, 0) is 32.0 Å². The number of carbonyl (C=O) groups excluding carboxylic acids is 1. The van der Waals surface area contributed by atoms with Crippen molar-refractivity contribution in [2.24, 2.45) is 0 Å². The van der Waals surface area contributed by atoms with E-state index in [1.54, 1.807) is 31.0 Å². The number of hydrogen-bond donors (Lipinski definition) is 1. The molecule has 0 saturated carbocycles. The maximum absolute atomic E-state index is 12.8. The molecule has 7 heteroatoms. The summed E-state index contributed by atoms with van der Waals surface area (Å²) in [5.41, 5.74) is 0.390. The summed E-state index contributed by atoms with van der Waals surface area (Å²) < 4.78 is 38.4. The third-order valence-electron chi connectivity index (χ3n) is 3.38. The van der Waals surface area contributed by atoms with Gasteiger partial charge in [-0.15, -0.1) is 0 Å². The molecule has 114 valence electrons. The van der Waals surface area contributed by atoms with E-state index in [4.69, 9.17) is 0 Å². The van der Waals surface area contributed by atoms with E-state index in [0.717, 1.165) is 12.1 Å². The van der Waals surface area contributed by atoms with Gasteiger partial charge in [0.05, 0.1) is 5.56 Å². The van der Waals surface area contributed by atoms with Crippen molar-refractivity contribution in [1.82, 2.24) is 10.2 Å². The van der Waals surface area contributed by atoms with Crippen LogP contribution in [0.4, 0.5) is 23.7 Å². The summed E-state index contributed by atoms with van der Waals surface area (Å²) in [6, 6.07) is 4.76. The van der Waals surface area contributed by atoms with E-state index in [-0.39, 0.29) is 6.03 Å². The molecule has 1 aliphatic rings. The minimum atomic E-state index is -4.39. The smallest absolute Gasteiger partial charge is 0.341 e. The van der Waals surface area contributed by atoms with Gasteiger partial charge in [0.15, 0.2) is 0 Å². The van der Waals surface area contributed by atoms with Crippen molar-refractivity contribution in [2.45, 2.75) is 26.2 Å². The molecular formula is C14H16F3N3O. The molecule has 1 aromatic carbocycles. The van der Waals surface area contributed by atoms with E-state index in [1.807, 2.05) is 0 Å². The summed E-state index contributed by atoms with van der Waals surface area (Å²) >= 11 is 0. The Morgan fingerprint density at radius 3 is 2.57 bits per heavy atom. The molecule has 2 amide bonds. The number of alkyl halides is 3. The molecule has 0 aromatic heterocycles. The molecule has 0 aliphatic carbocycles. The fourth-order valence-electron chi connectivity index (χ4n) is 2.40. The second-order valence-corrected chi connectivity index (χ2v) is 4.78. The lowest BCUT2D eigenvalue weighted by Gasteiger charge is -2.30. The fraction of sp³-hybridized carbons (Fsp3) is 0.357. The first kappa shape index (κ1) is 15.2. The van der Waals surface area contributed by atoms with Crippen LogP contribution in [0.15, 0.2) is 36.2 Å². The van der Waals surface area contributed by atoms with Crippen molar-refractivity contribution in [3.8, 4) is 0 Å². The predicted octanol–water partition coefficient (Wildman–Crippen LogP) is 3.37. The highest BCUT2D eigenvalue weighted by atomic mass is 19.4. The SMILES string of the molecule is CNC(=O)N1C=C(C)N(c2cccc(C(F)(F)F)c2)C1C. The van der Waals surface area contributed by atoms with E-state index < -0.39 is 17.9 Å². The molecule has 0 bridgehead atoms. The van der Waals surface area contributed by atoms with E-state index in [1.165, 1.54) is 18.0 Å². The summed E-state index contributed by atoms with van der Waals surface area (Å²) in [7, 11) is 1.51. The second-order valence-electron chi connectivity index (χ2n) is 4.78. The van der Waals surface area contributed by atoms with Crippen LogP contribution in [0.5, 0.6) is 0 Å². The van der Waals surface area contributed by atoms with Crippen molar-refractivity contribution in [3.05, 3.63) is 41.7 Å². The molecule has 4 nitrogen and oxygen atoms in total. The zero-order valence-corrected chi connectivity index (χ0v) is 11.9. The number of carbonyl (C=O) groups is 1. The summed E-state index contributed by atoms with van der Waals surface area (Å²) in [5, 5.41) is 2.50. The first-order valence-electron chi connectivity index (χ1n) is 6.40. The lowest BCUT2D eigenvalue weighted by molar-refractivity contribution is -0.137. The van der Waals surface area contributed by atoms with Crippen LogP contribution in [-0.2, 0) is 6.18 Å². The van der Waals surface area contributed by atoms with Gasteiger partial charge in [0.25, 0.3) is 0 Å². The first-order valence-corrected chi connectivity index (χ1v) is 6.40. The van der Waals surface area contributed by atoms with E-state index in [9.17, 15) is 18.0 Å². The number of nitrogens with one attached hydrogen (secondary N) is 1. The number of allylic oxidation sites excluding steroid dienone is 1. The number of nitrogens with zero attached hydrogens (tertiary/aromatic N) is 2. The number of rotatable bonds is 1. The molecule has 0 spiro atoms. The van der Waals surface area contributed by atoms with Gasteiger partial charge in [0.2, 0.25) is 0 Å². The van der Waals surface area contributed by atoms with Gasteiger partial charge in [-0.25, -0.2) is 4.79 Å². The van der Waals surface area contributed by atoms with Crippen LogP contribution in [0.2, 0.25) is 0 Å². The Hall–Kier alpha value is -2.18. The van der Waals surface area contributed by atoms with Crippen molar-refractivity contribution in [1.29, 1.82) is 0 Å². The molecule has 1 unspecified atom stereocenters. The Labute approximate surface area is 120 Å². The summed E-state index contributed by atoms with van der Waals surface area (Å²) in [6.45, 7) is 3.50.